The van der Waals surface area contributed by atoms with Gasteiger partial charge in [-0.25, -0.2) is 9.79 Å². The Bertz CT molecular complexity index is 998. The monoisotopic (exact) mass is 478 g/mol. The number of carboxylic acid groups (broad SMARTS) is 1. The Kier molecular flexibility index (Phi) is 6.49. The topological polar surface area (TPSA) is 80.2 Å². The second kappa shape index (κ2) is 8.88. The van der Waals surface area contributed by atoms with Gasteiger partial charge >= 0.3 is 5.97 Å². The lowest BCUT2D eigenvalue weighted by Crippen LogP contribution is -2.16. The molecule has 1 aliphatic rings. The first-order chi connectivity index (χ1) is 13.8. The van der Waals surface area contributed by atoms with Crippen molar-refractivity contribution in [3.63, 3.8) is 0 Å². The third-order valence-electron chi connectivity index (χ3n) is 4.45. The van der Waals surface area contributed by atoms with Crippen LogP contribution in [-0.4, -0.2) is 22.5 Å². The van der Waals surface area contributed by atoms with Crippen LogP contribution in [-0.2, 0) is 4.79 Å². The summed E-state index contributed by atoms with van der Waals surface area (Å²) in [5.74, 6) is 0.261. The Morgan fingerprint density at radius 2 is 1.93 bits per heavy atom. The van der Waals surface area contributed by atoms with Crippen molar-refractivity contribution >= 4 is 43.8 Å². The molecule has 8 heteroatoms. The van der Waals surface area contributed by atoms with Gasteiger partial charge in [-0.1, -0.05) is 23.7 Å². The summed E-state index contributed by atoms with van der Waals surface area (Å²) in [4.78, 5) is 16.0. The number of ether oxygens (including phenoxy) is 2. The Balaban J connectivity index is 2.09. The minimum absolute atomic E-state index is 0.0377. The first-order valence-corrected chi connectivity index (χ1v) is 10.0. The van der Waals surface area contributed by atoms with Crippen LogP contribution < -0.4 is 14.8 Å². The van der Waals surface area contributed by atoms with E-state index in [0.29, 0.717) is 21.0 Å². The zero-order chi connectivity index (χ0) is 21.1. The van der Waals surface area contributed by atoms with E-state index in [-0.39, 0.29) is 12.5 Å². The van der Waals surface area contributed by atoms with E-state index in [9.17, 15) is 9.90 Å². The van der Waals surface area contributed by atoms with E-state index in [4.69, 9.17) is 21.1 Å². The Morgan fingerprint density at radius 3 is 2.55 bits per heavy atom. The number of aryl methyl sites for hydroxylation is 1. The standard InChI is InChI=1S/C21H20BrClN2O4/c1-11-8-16(9-17-20(11)29-10-28-17)25-18(14-4-6-15(23)7-5-14)12(2)19(21(26)27)24-13(3)22/h4-9,18,25H,10H2,1-3H3,(H,26,27)/b19-12+,24-13+. The van der Waals surface area contributed by atoms with Gasteiger partial charge < -0.3 is 19.9 Å². The number of aliphatic imine (C=N–C) groups is 1. The first-order valence-electron chi connectivity index (χ1n) is 8.83. The van der Waals surface area contributed by atoms with Crippen LogP contribution in [0.3, 0.4) is 0 Å². The zero-order valence-electron chi connectivity index (χ0n) is 16.1. The van der Waals surface area contributed by atoms with E-state index in [2.05, 4.69) is 26.2 Å². The molecule has 0 bridgehead atoms. The predicted molar refractivity (Wildman–Crippen MR) is 117 cm³/mol. The van der Waals surface area contributed by atoms with Gasteiger partial charge in [0, 0.05) is 16.8 Å². The van der Waals surface area contributed by atoms with Gasteiger partial charge in [0.2, 0.25) is 6.79 Å². The minimum Gasteiger partial charge on any atom is -0.477 e. The van der Waals surface area contributed by atoms with Gasteiger partial charge in [0.05, 0.1) is 10.7 Å². The number of fused-ring (bicyclic) bond motifs is 1. The van der Waals surface area contributed by atoms with Crippen molar-refractivity contribution in [2.24, 2.45) is 4.99 Å². The summed E-state index contributed by atoms with van der Waals surface area (Å²) >= 11 is 9.26. The molecule has 2 aromatic carbocycles. The molecule has 0 saturated heterocycles. The smallest absolute Gasteiger partial charge is 0.354 e. The molecule has 1 atom stereocenters. The molecule has 1 aliphatic heterocycles. The number of nitrogens with zero attached hydrogens (tertiary/aromatic N) is 1. The molecule has 0 saturated carbocycles. The molecule has 2 aromatic rings. The van der Waals surface area contributed by atoms with E-state index in [1.165, 1.54) is 0 Å². The van der Waals surface area contributed by atoms with Gasteiger partial charge in [0.15, 0.2) is 11.5 Å². The molecule has 1 unspecified atom stereocenters. The molecule has 0 spiro atoms. The molecule has 6 nitrogen and oxygen atoms in total. The summed E-state index contributed by atoms with van der Waals surface area (Å²) in [6.07, 6.45) is 0. The molecule has 29 heavy (non-hydrogen) atoms. The van der Waals surface area contributed by atoms with Crippen LogP contribution in [0.2, 0.25) is 5.02 Å². The summed E-state index contributed by atoms with van der Waals surface area (Å²) in [5.41, 5.74) is 3.06. The second-order valence-electron chi connectivity index (χ2n) is 6.60. The maximum atomic E-state index is 11.9. The quantitative estimate of drug-likeness (QED) is 0.410. The zero-order valence-corrected chi connectivity index (χ0v) is 18.5. The van der Waals surface area contributed by atoms with E-state index >= 15 is 0 Å². The molecule has 0 amide bonds. The number of carboxylic acids is 1. The number of hydrogen-bond donors (Lipinski definition) is 2. The van der Waals surface area contributed by atoms with Crippen molar-refractivity contribution in [3.05, 3.63) is 63.8 Å². The van der Waals surface area contributed by atoms with E-state index in [1.807, 2.05) is 31.2 Å². The highest BCUT2D eigenvalue weighted by atomic mass is 79.9. The fraction of sp³-hybridized carbons (Fsp3) is 0.238. The van der Waals surface area contributed by atoms with Crippen LogP contribution in [0.1, 0.15) is 31.0 Å². The maximum absolute atomic E-state index is 11.9. The average Bonchev–Trinajstić information content (AvgIpc) is 3.13. The van der Waals surface area contributed by atoms with Crippen LogP contribution in [0.4, 0.5) is 5.69 Å². The molecular weight excluding hydrogens is 460 g/mol. The maximum Gasteiger partial charge on any atom is 0.354 e. The lowest BCUT2D eigenvalue weighted by Gasteiger charge is -2.23. The number of nitrogens with one attached hydrogen (secondary N) is 1. The molecule has 1 heterocycles. The third kappa shape index (κ3) is 4.92. The summed E-state index contributed by atoms with van der Waals surface area (Å²) in [5, 5.41) is 13.7. The van der Waals surface area contributed by atoms with Crippen molar-refractivity contribution in [3.8, 4) is 11.5 Å². The van der Waals surface area contributed by atoms with Crippen LogP contribution in [0.5, 0.6) is 11.5 Å². The van der Waals surface area contributed by atoms with Gasteiger partial charge in [0.1, 0.15) is 5.70 Å². The largest absolute Gasteiger partial charge is 0.477 e. The van der Waals surface area contributed by atoms with Crippen LogP contribution >= 0.6 is 27.5 Å². The van der Waals surface area contributed by atoms with Gasteiger partial charge in [-0.05, 0) is 71.6 Å². The summed E-state index contributed by atoms with van der Waals surface area (Å²) < 4.78 is 11.5. The molecule has 0 aliphatic carbocycles. The van der Waals surface area contributed by atoms with Crippen molar-refractivity contribution in [2.75, 3.05) is 12.1 Å². The number of anilines is 1. The summed E-state index contributed by atoms with van der Waals surface area (Å²) in [6, 6.07) is 10.6. The normalized spacial score (nSPS) is 15.0. The molecular formula is C21H20BrClN2O4. The Labute approximate surface area is 182 Å². The molecule has 2 N–H and O–H groups in total. The predicted octanol–water partition coefficient (Wildman–Crippen LogP) is 5.70. The fourth-order valence-electron chi connectivity index (χ4n) is 3.13. The Morgan fingerprint density at radius 1 is 1.24 bits per heavy atom. The van der Waals surface area contributed by atoms with Gasteiger partial charge in [-0.3, -0.25) is 0 Å². The number of hydrogen-bond acceptors (Lipinski definition) is 5. The fourth-order valence-corrected chi connectivity index (χ4v) is 3.43. The molecule has 3 rings (SSSR count). The summed E-state index contributed by atoms with van der Waals surface area (Å²) in [7, 11) is 0. The van der Waals surface area contributed by atoms with Gasteiger partial charge in [-0.2, -0.15) is 0 Å². The van der Waals surface area contributed by atoms with Crippen molar-refractivity contribution in [1.29, 1.82) is 0 Å². The minimum atomic E-state index is -1.11. The molecule has 0 aromatic heterocycles. The third-order valence-corrected chi connectivity index (χ3v) is 4.88. The second-order valence-corrected chi connectivity index (χ2v) is 8.19. The van der Waals surface area contributed by atoms with Gasteiger partial charge in [0.25, 0.3) is 0 Å². The van der Waals surface area contributed by atoms with E-state index in [0.717, 1.165) is 22.6 Å². The molecule has 0 radical (unpaired) electrons. The SMILES string of the molecule is C/C(Br)=N\C(C(=O)O)=C(/C)C(Nc1cc(C)c2c(c1)OCO2)c1ccc(Cl)cc1. The highest BCUT2D eigenvalue weighted by Crippen LogP contribution is 2.39. The summed E-state index contributed by atoms with van der Waals surface area (Å²) in [6.45, 7) is 5.54. The average molecular weight is 480 g/mol. The highest BCUT2D eigenvalue weighted by molar-refractivity contribution is 9.18. The number of rotatable bonds is 6. The van der Waals surface area contributed by atoms with E-state index in [1.54, 1.807) is 26.0 Å². The highest BCUT2D eigenvalue weighted by Gasteiger charge is 2.23. The van der Waals surface area contributed by atoms with Crippen LogP contribution in [0.15, 0.2) is 52.7 Å². The number of halogens is 2. The lowest BCUT2D eigenvalue weighted by molar-refractivity contribution is -0.132. The van der Waals surface area contributed by atoms with Crippen molar-refractivity contribution in [2.45, 2.75) is 26.8 Å². The van der Waals surface area contributed by atoms with E-state index < -0.39 is 12.0 Å². The number of benzene rings is 2. The van der Waals surface area contributed by atoms with Crippen molar-refractivity contribution in [1.82, 2.24) is 0 Å². The first kappa shape index (κ1) is 21.2. The number of carbonyl (C=O) groups is 1. The van der Waals surface area contributed by atoms with Gasteiger partial charge in [-0.15, -0.1) is 0 Å². The van der Waals surface area contributed by atoms with Crippen molar-refractivity contribution < 1.29 is 19.4 Å². The molecule has 152 valence electrons. The molecule has 0 fully saturated rings. The lowest BCUT2D eigenvalue weighted by atomic mass is 9.97. The Hall–Kier alpha value is -2.51. The van der Waals surface area contributed by atoms with Crippen LogP contribution in [0.25, 0.3) is 0 Å². The number of aliphatic carboxylic acids is 1. The van der Waals surface area contributed by atoms with Crippen LogP contribution in [0, 0.1) is 6.92 Å².